The number of ether oxygens (including phenoxy) is 2. The fraction of sp³-hybridized carbons (Fsp3) is 0.250. The minimum Gasteiger partial charge on any atom is -0.486 e. The number of methoxy groups -OCH3 is 1. The van der Waals surface area contributed by atoms with Gasteiger partial charge in [0.05, 0.1) is 6.61 Å². The number of nitrogen functional groups attached to an aromatic ring is 1. The second kappa shape index (κ2) is 6.25. The van der Waals surface area contributed by atoms with Gasteiger partial charge in [-0.25, -0.2) is 0 Å². The van der Waals surface area contributed by atoms with E-state index >= 15 is 0 Å². The van der Waals surface area contributed by atoms with E-state index in [9.17, 15) is 0 Å². The number of benzene rings is 2. The zero-order valence-corrected chi connectivity index (χ0v) is 11.3. The summed E-state index contributed by atoms with van der Waals surface area (Å²) in [5, 5.41) is 0. The molecular formula is C16H19NO2. The molecule has 0 spiro atoms. The first-order valence-electron chi connectivity index (χ1n) is 6.29. The monoisotopic (exact) mass is 257 g/mol. The molecule has 3 nitrogen and oxygen atoms in total. The highest BCUT2D eigenvalue weighted by Gasteiger charge is 2.07. The SMILES string of the molecule is COCc1cccc(OC(C)c2ccc(N)cc2)c1. The van der Waals surface area contributed by atoms with Crippen LogP contribution in [0.25, 0.3) is 0 Å². The summed E-state index contributed by atoms with van der Waals surface area (Å²) in [6, 6.07) is 15.7. The van der Waals surface area contributed by atoms with Crippen LogP contribution in [0, 0.1) is 0 Å². The Hall–Kier alpha value is -2.00. The molecule has 0 saturated heterocycles. The van der Waals surface area contributed by atoms with Gasteiger partial charge in [0, 0.05) is 12.8 Å². The average Bonchev–Trinajstić information content (AvgIpc) is 2.40. The first-order valence-corrected chi connectivity index (χ1v) is 6.29. The molecule has 1 unspecified atom stereocenters. The molecule has 3 heteroatoms. The topological polar surface area (TPSA) is 44.5 Å². The Labute approximate surface area is 114 Å². The highest BCUT2D eigenvalue weighted by molar-refractivity contribution is 5.40. The molecule has 0 aliphatic rings. The molecule has 0 heterocycles. The molecule has 19 heavy (non-hydrogen) atoms. The minimum atomic E-state index is -0.0154. The van der Waals surface area contributed by atoms with Gasteiger partial charge in [-0.1, -0.05) is 24.3 Å². The largest absolute Gasteiger partial charge is 0.486 e. The lowest BCUT2D eigenvalue weighted by atomic mass is 10.1. The van der Waals surface area contributed by atoms with Crippen LogP contribution in [0.2, 0.25) is 0 Å². The lowest BCUT2D eigenvalue weighted by Gasteiger charge is -2.16. The second-order valence-corrected chi connectivity index (χ2v) is 4.51. The molecule has 2 aromatic rings. The summed E-state index contributed by atoms with van der Waals surface area (Å²) in [4.78, 5) is 0. The van der Waals surface area contributed by atoms with E-state index in [2.05, 4.69) is 0 Å². The third kappa shape index (κ3) is 3.73. The number of nitrogens with two attached hydrogens (primary N) is 1. The Bertz CT molecular complexity index is 523. The molecule has 100 valence electrons. The van der Waals surface area contributed by atoms with Crippen LogP contribution in [-0.4, -0.2) is 7.11 Å². The van der Waals surface area contributed by atoms with Crippen molar-refractivity contribution in [2.45, 2.75) is 19.6 Å². The maximum Gasteiger partial charge on any atom is 0.121 e. The van der Waals surface area contributed by atoms with Crippen LogP contribution in [0.15, 0.2) is 48.5 Å². The maximum absolute atomic E-state index is 5.93. The molecule has 0 saturated carbocycles. The second-order valence-electron chi connectivity index (χ2n) is 4.51. The standard InChI is InChI=1S/C16H19NO2/c1-12(14-6-8-15(17)9-7-14)19-16-5-3-4-13(10-16)11-18-2/h3-10,12H,11,17H2,1-2H3. The summed E-state index contributed by atoms with van der Waals surface area (Å²) < 4.78 is 11.0. The van der Waals surface area contributed by atoms with Crippen molar-refractivity contribution in [1.82, 2.24) is 0 Å². The van der Waals surface area contributed by atoms with Gasteiger partial charge in [0.25, 0.3) is 0 Å². The zero-order chi connectivity index (χ0) is 13.7. The van der Waals surface area contributed by atoms with Crippen LogP contribution < -0.4 is 10.5 Å². The number of rotatable bonds is 5. The van der Waals surface area contributed by atoms with Crippen LogP contribution in [0.5, 0.6) is 5.75 Å². The van der Waals surface area contributed by atoms with Crippen molar-refractivity contribution in [3.05, 3.63) is 59.7 Å². The molecular weight excluding hydrogens is 238 g/mol. The summed E-state index contributed by atoms with van der Waals surface area (Å²) >= 11 is 0. The van der Waals surface area contributed by atoms with Crippen LogP contribution in [0.3, 0.4) is 0 Å². The van der Waals surface area contributed by atoms with E-state index in [0.717, 1.165) is 22.6 Å². The zero-order valence-electron chi connectivity index (χ0n) is 11.3. The van der Waals surface area contributed by atoms with Crippen LogP contribution in [-0.2, 0) is 11.3 Å². The van der Waals surface area contributed by atoms with E-state index in [-0.39, 0.29) is 6.10 Å². The van der Waals surface area contributed by atoms with E-state index in [0.29, 0.717) is 6.61 Å². The van der Waals surface area contributed by atoms with Crippen molar-refractivity contribution >= 4 is 5.69 Å². The van der Waals surface area contributed by atoms with Gasteiger partial charge >= 0.3 is 0 Å². The highest BCUT2D eigenvalue weighted by Crippen LogP contribution is 2.23. The van der Waals surface area contributed by atoms with Crippen LogP contribution in [0.1, 0.15) is 24.2 Å². The molecule has 0 aliphatic carbocycles. The van der Waals surface area contributed by atoms with Gasteiger partial charge in [0.1, 0.15) is 11.9 Å². The predicted molar refractivity (Wildman–Crippen MR) is 77.1 cm³/mol. The fourth-order valence-electron chi connectivity index (χ4n) is 1.91. The van der Waals surface area contributed by atoms with Gasteiger partial charge in [0.2, 0.25) is 0 Å². The molecule has 2 N–H and O–H groups in total. The lowest BCUT2D eigenvalue weighted by Crippen LogP contribution is -2.03. The molecule has 1 atom stereocenters. The Kier molecular flexibility index (Phi) is 4.42. The van der Waals surface area contributed by atoms with E-state index in [1.165, 1.54) is 0 Å². The van der Waals surface area contributed by atoms with Gasteiger partial charge in [-0.3, -0.25) is 0 Å². The van der Waals surface area contributed by atoms with Crippen molar-refractivity contribution < 1.29 is 9.47 Å². The van der Waals surface area contributed by atoms with Crippen LogP contribution >= 0.6 is 0 Å². The Balaban J connectivity index is 2.07. The highest BCUT2D eigenvalue weighted by atomic mass is 16.5. The molecule has 0 aromatic heterocycles. The van der Waals surface area contributed by atoms with E-state index < -0.39 is 0 Å². The first-order chi connectivity index (χ1) is 9.19. The third-order valence-electron chi connectivity index (χ3n) is 2.93. The average molecular weight is 257 g/mol. The first kappa shape index (κ1) is 13.4. The summed E-state index contributed by atoms with van der Waals surface area (Å²) in [6.07, 6.45) is -0.0154. The molecule has 2 rings (SSSR count). The fourth-order valence-corrected chi connectivity index (χ4v) is 1.91. The van der Waals surface area contributed by atoms with Crippen molar-refractivity contribution in [3.63, 3.8) is 0 Å². The Morgan fingerprint density at radius 3 is 2.53 bits per heavy atom. The van der Waals surface area contributed by atoms with Gasteiger partial charge in [-0.05, 0) is 42.3 Å². The van der Waals surface area contributed by atoms with Crippen molar-refractivity contribution in [1.29, 1.82) is 0 Å². The molecule has 0 fully saturated rings. The van der Waals surface area contributed by atoms with Gasteiger partial charge in [-0.15, -0.1) is 0 Å². The lowest BCUT2D eigenvalue weighted by molar-refractivity contribution is 0.183. The summed E-state index contributed by atoms with van der Waals surface area (Å²) in [7, 11) is 1.69. The summed E-state index contributed by atoms with van der Waals surface area (Å²) in [5.74, 6) is 0.846. The van der Waals surface area contributed by atoms with Gasteiger partial charge < -0.3 is 15.2 Å². The smallest absolute Gasteiger partial charge is 0.121 e. The third-order valence-corrected chi connectivity index (χ3v) is 2.93. The predicted octanol–water partition coefficient (Wildman–Crippen LogP) is 3.56. The summed E-state index contributed by atoms with van der Waals surface area (Å²) in [5.41, 5.74) is 8.64. The number of hydrogen-bond acceptors (Lipinski definition) is 3. The normalized spacial score (nSPS) is 12.1. The molecule has 0 amide bonds. The van der Waals surface area contributed by atoms with Crippen molar-refractivity contribution in [2.75, 3.05) is 12.8 Å². The van der Waals surface area contributed by atoms with Gasteiger partial charge in [-0.2, -0.15) is 0 Å². The quantitative estimate of drug-likeness (QED) is 0.833. The van der Waals surface area contributed by atoms with Crippen molar-refractivity contribution in [2.24, 2.45) is 0 Å². The Morgan fingerprint density at radius 1 is 1.11 bits per heavy atom. The van der Waals surface area contributed by atoms with E-state index in [1.807, 2.05) is 55.5 Å². The minimum absolute atomic E-state index is 0.0154. The molecule has 2 aromatic carbocycles. The van der Waals surface area contributed by atoms with E-state index in [1.54, 1.807) is 7.11 Å². The van der Waals surface area contributed by atoms with Gasteiger partial charge in [0.15, 0.2) is 0 Å². The maximum atomic E-state index is 5.93. The number of anilines is 1. The Morgan fingerprint density at radius 2 is 1.84 bits per heavy atom. The van der Waals surface area contributed by atoms with Crippen LogP contribution in [0.4, 0.5) is 5.69 Å². The van der Waals surface area contributed by atoms with Crippen molar-refractivity contribution in [3.8, 4) is 5.75 Å². The molecule has 0 radical (unpaired) electrons. The molecule has 0 aliphatic heterocycles. The summed E-state index contributed by atoms with van der Waals surface area (Å²) in [6.45, 7) is 2.61. The number of hydrogen-bond donors (Lipinski definition) is 1. The van der Waals surface area contributed by atoms with E-state index in [4.69, 9.17) is 15.2 Å². The molecule has 0 bridgehead atoms.